The van der Waals surface area contributed by atoms with Crippen LogP contribution in [0.3, 0.4) is 0 Å². The number of ether oxygens (including phenoxy) is 1. The quantitative estimate of drug-likeness (QED) is 0.866. The highest BCUT2D eigenvalue weighted by atomic mass is 16.5. The van der Waals surface area contributed by atoms with E-state index in [0.717, 1.165) is 12.8 Å². The molecular formula is C17H18N2O5. The molecule has 2 heterocycles. The first-order valence-electron chi connectivity index (χ1n) is 7.87. The summed E-state index contributed by atoms with van der Waals surface area (Å²) in [6.07, 6.45) is 5.73. The van der Waals surface area contributed by atoms with Crippen LogP contribution >= 0.6 is 0 Å². The van der Waals surface area contributed by atoms with Gasteiger partial charge in [0.05, 0.1) is 5.39 Å². The number of carboxylic acid groups (broad SMARTS) is 1. The Labute approximate surface area is 137 Å². The summed E-state index contributed by atoms with van der Waals surface area (Å²) in [6.45, 7) is 1.39. The molecule has 0 radical (unpaired) electrons. The summed E-state index contributed by atoms with van der Waals surface area (Å²) in [5.41, 5.74) is -0.281. The van der Waals surface area contributed by atoms with Crippen LogP contribution < -0.4 is 5.43 Å². The Morgan fingerprint density at radius 2 is 2.00 bits per heavy atom. The smallest absolute Gasteiger partial charge is 0.341 e. The number of hydrogen-bond acceptors (Lipinski definition) is 5. The number of carbonyl (C=O) groups is 2. The molecule has 1 saturated carbocycles. The molecule has 1 fully saturated rings. The SMILES string of the molecule is CC(=O)O[C@H]1CC[C@H](n2cc(C(=O)O)c(=O)c3cccnc32)CC1. The fraction of sp³-hybridized carbons (Fsp3) is 0.412. The van der Waals surface area contributed by atoms with E-state index < -0.39 is 11.4 Å². The Kier molecular flexibility index (Phi) is 4.33. The molecule has 3 rings (SSSR count). The van der Waals surface area contributed by atoms with Crippen LogP contribution in [0.1, 0.15) is 49.0 Å². The number of aromatic carboxylic acids is 1. The number of rotatable bonds is 3. The van der Waals surface area contributed by atoms with Gasteiger partial charge in [-0.2, -0.15) is 0 Å². The van der Waals surface area contributed by atoms with Crippen LogP contribution in [0.15, 0.2) is 29.3 Å². The number of carboxylic acids is 1. The lowest BCUT2D eigenvalue weighted by Crippen LogP contribution is -2.27. The third kappa shape index (κ3) is 3.02. The maximum absolute atomic E-state index is 12.3. The zero-order valence-corrected chi connectivity index (χ0v) is 13.3. The van der Waals surface area contributed by atoms with E-state index in [0.29, 0.717) is 23.9 Å². The Morgan fingerprint density at radius 1 is 1.29 bits per heavy atom. The highest BCUT2D eigenvalue weighted by Crippen LogP contribution is 2.31. The molecular weight excluding hydrogens is 312 g/mol. The predicted octanol–water partition coefficient (Wildman–Crippen LogP) is 2.14. The van der Waals surface area contributed by atoms with Crippen LogP contribution in [0, 0.1) is 0 Å². The monoisotopic (exact) mass is 330 g/mol. The van der Waals surface area contributed by atoms with Gasteiger partial charge < -0.3 is 14.4 Å². The van der Waals surface area contributed by atoms with Crippen molar-refractivity contribution >= 4 is 23.0 Å². The van der Waals surface area contributed by atoms with Crippen molar-refractivity contribution in [2.24, 2.45) is 0 Å². The maximum Gasteiger partial charge on any atom is 0.341 e. The second-order valence-corrected chi connectivity index (χ2v) is 6.00. The number of aromatic nitrogens is 2. The van der Waals surface area contributed by atoms with Gasteiger partial charge >= 0.3 is 11.9 Å². The van der Waals surface area contributed by atoms with E-state index >= 15 is 0 Å². The third-order valence-electron chi connectivity index (χ3n) is 4.39. The Hall–Kier alpha value is -2.70. The van der Waals surface area contributed by atoms with Gasteiger partial charge in [-0.15, -0.1) is 0 Å². The topological polar surface area (TPSA) is 98.5 Å². The fourth-order valence-corrected chi connectivity index (χ4v) is 3.29. The van der Waals surface area contributed by atoms with Gasteiger partial charge in [0.1, 0.15) is 17.3 Å². The molecule has 1 aliphatic rings. The largest absolute Gasteiger partial charge is 0.477 e. The summed E-state index contributed by atoms with van der Waals surface area (Å²) in [4.78, 5) is 39.0. The van der Waals surface area contributed by atoms with Crippen molar-refractivity contribution in [1.82, 2.24) is 9.55 Å². The molecule has 0 aromatic carbocycles. The van der Waals surface area contributed by atoms with Gasteiger partial charge in [0.25, 0.3) is 0 Å². The minimum Gasteiger partial charge on any atom is -0.477 e. The number of pyridine rings is 2. The molecule has 0 spiro atoms. The first-order valence-corrected chi connectivity index (χ1v) is 7.87. The zero-order valence-electron chi connectivity index (χ0n) is 13.3. The van der Waals surface area contributed by atoms with E-state index in [2.05, 4.69) is 4.98 Å². The predicted molar refractivity (Wildman–Crippen MR) is 86.0 cm³/mol. The maximum atomic E-state index is 12.3. The summed E-state index contributed by atoms with van der Waals surface area (Å²) >= 11 is 0. The van der Waals surface area contributed by atoms with Crippen molar-refractivity contribution in [2.75, 3.05) is 0 Å². The van der Waals surface area contributed by atoms with Crippen LogP contribution in [-0.2, 0) is 9.53 Å². The van der Waals surface area contributed by atoms with Crippen molar-refractivity contribution < 1.29 is 19.4 Å². The molecule has 0 aliphatic heterocycles. The molecule has 1 N–H and O–H groups in total. The molecule has 0 unspecified atom stereocenters. The summed E-state index contributed by atoms with van der Waals surface area (Å²) in [5.74, 6) is -1.53. The van der Waals surface area contributed by atoms with Crippen molar-refractivity contribution in [1.29, 1.82) is 0 Å². The average molecular weight is 330 g/mol. The van der Waals surface area contributed by atoms with Crippen LogP contribution in [0.25, 0.3) is 11.0 Å². The highest BCUT2D eigenvalue weighted by molar-refractivity contribution is 5.91. The number of carbonyl (C=O) groups excluding carboxylic acids is 1. The lowest BCUT2D eigenvalue weighted by atomic mass is 9.92. The number of esters is 1. The number of fused-ring (bicyclic) bond motifs is 1. The van der Waals surface area contributed by atoms with Gasteiger partial charge in [-0.3, -0.25) is 9.59 Å². The first kappa shape index (κ1) is 16.2. The van der Waals surface area contributed by atoms with Crippen molar-refractivity contribution in [3.05, 3.63) is 40.3 Å². The van der Waals surface area contributed by atoms with E-state index in [9.17, 15) is 19.5 Å². The summed E-state index contributed by atoms with van der Waals surface area (Å²) < 4.78 is 7.02. The molecule has 0 bridgehead atoms. The Morgan fingerprint density at radius 3 is 2.62 bits per heavy atom. The lowest BCUT2D eigenvalue weighted by molar-refractivity contribution is -0.148. The zero-order chi connectivity index (χ0) is 17.3. The fourth-order valence-electron chi connectivity index (χ4n) is 3.29. The van der Waals surface area contributed by atoms with Crippen molar-refractivity contribution in [3.8, 4) is 0 Å². The second-order valence-electron chi connectivity index (χ2n) is 6.00. The Bertz CT molecular complexity index is 850. The van der Waals surface area contributed by atoms with Crippen molar-refractivity contribution in [2.45, 2.75) is 44.8 Å². The molecule has 24 heavy (non-hydrogen) atoms. The molecule has 2 aromatic rings. The summed E-state index contributed by atoms with van der Waals surface area (Å²) in [6, 6.07) is 3.24. The second kappa shape index (κ2) is 6.43. The molecule has 1 aliphatic carbocycles. The van der Waals surface area contributed by atoms with Gasteiger partial charge in [-0.25, -0.2) is 9.78 Å². The lowest BCUT2D eigenvalue weighted by Gasteiger charge is -2.30. The van der Waals surface area contributed by atoms with Crippen LogP contribution in [0.5, 0.6) is 0 Å². The molecule has 126 valence electrons. The van der Waals surface area contributed by atoms with Gasteiger partial charge in [0.15, 0.2) is 0 Å². The normalized spacial score (nSPS) is 20.7. The highest BCUT2D eigenvalue weighted by Gasteiger charge is 2.26. The van der Waals surface area contributed by atoms with Crippen LogP contribution in [-0.4, -0.2) is 32.7 Å². The molecule has 7 heteroatoms. The summed E-state index contributed by atoms with van der Waals surface area (Å²) in [5, 5.41) is 9.60. The van der Waals surface area contributed by atoms with E-state index in [4.69, 9.17) is 4.74 Å². The summed E-state index contributed by atoms with van der Waals surface area (Å²) in [7, 11) is 0. The molecule has 0 atom stereocenters. The van der Waals surface area contributed by atoms with Crippen LogP contribution in [0.4, 0.5) is 0 Å². The molecule has 0 amide bonds. The first-order chi connectivity index (χ1) is 11.5. The van der Waals surface area contributed by atoms with Gasteiger partial charge in [-0.1, -0.05) is 0 Å². The van der Waals surface area contributed by atoms with Gasteiger partial charge in [-0.05, 0) is 37.8 Å². The van der Waals surface area contributed by atoms with E-state index in [1.54, 1.807) is 22.9 Å². The van der Waals surface area contributed by atoms with E-state index in [1.165, 1.54) is 13.1 Å². The molecule has 0 saturated heterocycles. The Balaban J connectivity index is 1.98. The average Bonchev–Trinajstić information content (AvgIpc) is 2.55. The third-order valence-corrected chi connectivity index (χ3v) is 4.39. The minimum atomic E-state index is -1.24. The van der Waals surface area contributed by atoms with Gasteiger partial charge in [0, 0.05) is 25.4 Å². The molecule has 2 aromatic heterocycles. The van der Waals surface area contributed by atoms with E-state index in [-0.39, 0.29) is 23.7 Å². The van der Waals surface area contributed by atoms with Crippen LogP contribution in [0.2, 0.25) is 0 Å². The minimum absolute atomic E-state index is 0.0212. The van der Waals surface area contributed by atoms with Gasteiger partial charge in [0.2, 0.25) is 5.43 Å². The van der Waals surface area contributed by atoms with E-state index in [1.807, 2.05) is 0 Å². The molecule has 7 nitrogen and oxygen atoms in total. The standard InChI is InChI=1S/C17H18N2O5/c1-10(20)24-12-6-4-11(5-7-12)19-9-14(17(22)23)15(21)13-3-2-8-18-16(13)19/h2-3,8-9,11-12H,4-7H2,1H3,(H,22,23)/t11-,12-. The van der Waals surface area contributed by atoms with Crippen molar-refractivity contribution in [3.63, 3.8) is 0 Å². The number of nitrogens with zero attached hydrogens (tertiary/aromatic N) is 2. The number of hydrogen-bond donors (Lipinski definition) is 1.